The van der Waals surface area contributed by atoms with Crippen molar-refractivity contribution in [2.75, 3.05) is 6.61 Å². The molecule has 0 unspecified atom stereocenters. The predicted molar refractivity (Wildman–Crippen MR) is 118 cm³/mol. The van der Waals surface area contributed by atoms with E-state index in [4.69, 9.17) is 33.3 Å². The van der Waals surface area contributed by atoms with E-state index in [9.17, 15) is 0 Å². The molecule has 0 amide bonds. The van der Waals surface area contributed by atoms with Crippen LogP contribution < -0.4 is 9.47 Å². The second-order valence-electron chi connectivity index (χ2n) is 6.31. The maximum Gasteiger partial charge on any atom is 0.216 e. The number of hydrogen-bond acceptors (Lipinski definition) is 5. The Balaban J connectivity index is 1.77. The Labute approximate surface area is 180 Å². The van der Waals surface area contributed by atoms with Gasteiger partial charge < -0.3 is 9.47 Å². The van der Waals surface area contributed by atoms with E-state index in [-0.39, 0.29) is 0 Å². The molecule has 0 fully saturated rings. The van der Waals surface area contributed by atoms with Crippen molar-refractivity contribution in [2.24, 2.45) is 5.10 Å². The summed E-state index contributed by atoms with van der Waals surface area (Å²) >= 11 is 11.2. The van der Waals surface area contributed by atoms with Crippen LogP contribution >= 0.6 is 23.8 Å². The summed E-state index contributed by atoms with van der Waals surface area (Å²) in [6, 6.07) is 13.3. The van der Waals surface area contributed by atoms with Crippen LogP contribution in [0.5, 0.6) is 11.5 Å². The number of H-pyrrole nitrogens is 1. The highest BCUT2D eigenvalue weighted by atomic mass is 35.5. The highest BCUT2D eigenvalue weighted by Gasteiger charge is 2.08. The van der Waals surface area contributed by atoms with Crippen LogP contribution in [0.1, 0.15) is 37.2 Å². The molecule has 29 heavy (non-hydrogen) atoms. The first-order chi connectivity index (χ1) is 14.1. The van der Waals surface area contributed by atoms with Crippen LogP contribution in [0.15, 0.2) is 47.6 Å². The van der Waals surface area contributed by atoms with Crippen LogP contribution in [-0.2, 0) is 13.0 Å². The maximum absolute atomic E-state index is 5.94. The quantitative estimate of drug-likeness (QED) is 0.364. The number of nitrogens with one attached hydrogen (secondary N) is 1. The third kappa shape index (κ3) is 5.68. The van der Waals surface area contributed by atoms with E-state index in [1.54, 1.807) is 10.9 Å². The molecular formula is C21H23ClN4O2S. The third-order valence-corrected chi connectivity index (χ3v) is 4.60. The molecule has 0 saturated heterocycles. The van der Waals surface area contributed by atoms with Crippen molar-refractivity contribution in [3.8, 4) is 11.5 Å². The summed E-state index contributed by atoms with van der Waals surface area (Å²) in [7, 11) is 0. The summed E-state index contributed by atoms with van der Waals surface area (Å²) < 4.78 is 13.8. The normalized spacial score (nSPS) is 11.1. The largest absolute Gasteiger partial charge is 0.490 e. The molecule has 0 aliphatic rings. The number of nitrogens with zero attached hydrogens (tertiary/aromatic N) is 3. The molecule has 3 rings (SSSR count). The standard InChI is InChI=1S/C21H23ClN4O2S/c1-3-5-20-24-25-21(29)26(20)23-13-16-8-11-18(19(12-16)27-4-2)28-14-15-6-9-17(22)10-7-15/h6-13H,3-5,14H2,1-2H3,(H,25,29)/b23-13+. The van der Waals surface area contributed by atoms with Crippen LogP contribution in [-0.4, -0.2) is 27.7 Å². The lowest BCUT2D eigenvalue weighted by Crippen LogP contribution is -2.01. The fraction of sp³-hybridized carbons (Fsp3) is 0.286. The first-order valence-electron chi connectivity index (χ1n) is 9.45. The molecule has 1 N–H and O–H groups in total. The number of halogens is 1. The van der Waals surface area contributed by atoms with Gasteiger partial charge in [-0.1, -0.05) is 30.7 Å². The van der Waals surface area contributed by atoms with E-state index >= 15 is 0 Å². The minimum Gasteiger partial charge on any atom is -0.490 e. The maximum atomic E-state index is 5.94. The van der Waals surface area contributed by atoms with Gasteiger partial charge in [0.25, 0.3) is 0 Å². The lowest BCUT2D eigenvalue weighted by molar-refractivity contribution is 0.269. The number of hydrogen-bond donors (Lipinski definition) is 1. The molecule has 0 bridgehead atoms. The van der Waals surface area contributed by atoms with Crippen LogP contribution in [0.2, 0.25) is 5.02 Å². The first kappa shape index (κ1) is 21.1. The summed E-state index contributed by atoms with van der Waals surface area (Å²) in [5, 5.41) is 12.2. The Hall–Kier alpha value is -2.64. The van der Waals surface area contributed by atoms with Crippen molar-refractivity contribution in [3.63, 3.8) is 0 Å². The molecule has 0 radical (unpaired) electrons. The van der Waals surface area contributed by atoms with Crippen molar-refractivity contribution in [1.29, 1.82) is 0 Å². The Morgan fingerprint density at radius 1 is 1.14 bits per heavy atom. The summed E-state index contributed by atoms with van der Waals surface area (Å²) in [5.74, 6) is 2.14. The zero-order valence-corrected chi connectivity index (χ0v) is 18.0. The van der Waals surface area contributed by atoms with Gasteiger partial charge in [-0.2, -0.15) is 14.9 Å². The number of aromatic amines is 1. The minimum atomic E-state index is 0.426. The van der Waals surface area contributed by atoms with Crippen LogP contribution in [0.25, 0.3) is 0 Å². The third-order valence-electron chi connectivity index (χ3n) is 4.09. The fourth-order valence-electron chi connectivity index (χ4n) is 2.69. The Kier molecular flexibility index (Phi) is 7.43. The zero-order valence-electron chi connectivity index (χ0n) is 16.4. The Bertz CT molecular complexity index is 1030. The molecule has 1 heterocycles. The average Bonchev–Trinajstić information content (AvgIpc) is 3.07. The van der Waals surface area contributed by atoms with Crippen LogP contribution in [0, 0.1) is 4.77 Å². The number of aryl methyl sites for hydroxylation is 1. The first-order valence-corrected chi connectivity index (χ1v) is 10.2. The molecule has 2 aromatic carbocycles. The molecule has 0 aliphatic heterocycles. The van der Waals surface area contributed by atoms with E-state index in [0.29, 0.717) is 34.5 Å². The molecule has 1 aromatic heterocycles. The van der Waals surface area contributed by atoms with Crippen LogP contribution in [0.4, 0.5) is 0 Å². The highest BCUT2D eigenvalue weighted by Crippen LogP contribution is 2.29. The van der Waals surface area contributed by atoms with Gasteiger partial charge in [0, 0.05) is 11.4 Å². The average molecular weight is 431 g/mol. The van der Waals surface area contributed by atoms with Gasteiger partial charge in [-0.25, -0.2) is 0 Å². The number of ether oxygens (including phenoxy) is 2. The predicted octanol–water partition coefficient (Wildman–Crippen LogP) is 5.41. The van der Waals surface area contributed by atoms with Gasteiger partial charge in [-0.3, -0.25) is 5.10 Å². The monoisotopic (exact) mass is 430 g/mol. The lowest BCUT2D eigenvalue weighted by Gasteiger charge is -2.12. The fourth-order valence-corrected chi connectivity index (χ4v) is 3.01. The SMILES string of the molecule is CCCc1n[nH]c(=S)n1/N=C/c1ccc(OCc2ccc(Cl)cc2)c(OCC)c1. The molecule has 8 heteroatoms. The second kappa shape index (κ2) is 10.2. The molecule has 0 spiro atoms. The van der Waals surface area contributed by atoms with Crippen molar-refractivity contribution < 1.29 is 9.47 Å². The number of rotatable bonds is 9. The summed E-state index contributed by atoms with van der Waals surface area (Å²) in [6.45, 7) is 4.98. The smallest absolute Gasteiger partial charge is 0.216 e. The van der Waals surface area contributed by atoms with E-state index < -0.39 is 0 Å². The van der Waals surface area contributed by atoms with E-state index in [1.165, 1.54) is 0 Å². The van der Waals surface area contributed by atoms with Gasteiger partial charge in [-0.05, 0) is 67.0 Å². The molecule has 3 aromatic rings. The second-order valence-corrected chi connectivity index (χ2v) is 7.13. The van der Waals surface area contributed by atoms with E-state index in [2.05, 4.69) is 22.2 Å². The summed E-state index contributed by atoms with van der Waals surface area (Å²) in [6.07, 6.45) is 3.49. The topological polar surface area (TPSA) is 64.4 Å². The van der Waals surface area contributed by atoms with Gasteiger partial charge in [0.05, 0.1) is 12.8 Å². The minimum absolute atomic E-state index is 0.426. The van der Waals surface area contributed by atoms with Crippen molar-refractivity contribution in [2.45, 2.75) is 33.3 Å². The highest BCUT2D eigenvalue weighted by molar-refractivity contribution is 7.71. The molecule has 0 aliphatic carbocycles. The molecule has 0 saturated carbocycles. The lowest BCUT2D eigenvalue weighted by atomic mass is 10.2. The van der Waals surface area contributed by atoms with Crippen molar-refractivity contribution >= 4 is 30.0 Å². The van der Waals surface area contributed by atoms with E-state index in [1.807, 2.05) is 49.4 Å². The molecule has 152 valence electrons. The zero-order chi connectivity index (χ0) is 20.6. The molecule has 6 nitrogen and oxygen atoms in total. The number of aromatic nitrogens is 3. The van der Waals surface area contributed by atoms with Gasteiger partial charge >= 0.3 is 0 Å². The van der Waals surface area contributed by atoms with Gasteiger partial charge in [-0.15, -0.1) is 0 Å². The molecular weight excluding hydrogens is 408 g/mol. The van der Waals surface area contributed by atoms with Crippen molar-refractivity contribution in [3.05, 3.63) is 69.2 Å². The van der Waals surface area contributed by atoms with Gasteiger partial charge in [0.2, 0.25) is 4.77 Å². The van der Waals surface area contributed by atoms with Crippen molar-refractivity contribution in [1.82, 2.24) is 14.9 Å². The van der Waals surface area contributed by atoms with Gasteiger partial charge in [0.1, 0.15) is 6.61 Å². The summed E-state index contributed by atoms with van der Waals surface area (Å²) in [4.78, 5) is 0. The summed E-state index contributed by atoms with van der Waals surface area (Å²) in [5.41, 5.74) is 1.90. The van der Waals surface area contributed by atoms with Gasteiger partial charge in [0.15, 0.2) is 17.3 Å². The number of benzene rings is 2. The van der Waals surface area contributed by atoms with Crippen LogP contribution in [0.3, 0.4) is 0 Å². The van der Waals surface area contributed by atoms with E-state index in [0.717, 1.165) is 29.8 Å². The molecule has 0 atom stereocenters. The Morgan fingerprint density at radius 2 is 1.93 bits per heavy atom. The Morgan fingerprint density at radius 3 is 2.66 bits per heavy atom.